The highest BCUT2D eigenvalue weighted by molar-refractivity contribution is 6.31. The van der Waals surface area contributed by atoms with Gasteiger partial charge in [-0.15, -0.1) is 0 Å². The molecule has 1 aliphatic carbocycles. The minimum absolute atomic E-state index is 0.0703. The molecule has 21 heavy (non-hydrogen) atoms. The summed E-state index contributed by atoms with van der Waals surface area (Å²) in [5.74, 6) is 0.120. The highest BCUT2D eigenvalue weighted by atomic mass is 35.5. The lowest BCUT2D eigenvalue weighted by Gasteiger charge is -2.08. The van der Waals surface area contributed by atoms with E-state index in [1.807, 2.05) is 37.3 Å². The van der Waals surface area contributed by atoms with E-state index in [-0.39, 0.29) is 23.5 Å². The lowest BCUT2D eigenvalue weighted by Crippen LogP contribution is -2.14. The molecule has 0 saturated heterocycles. The molecule has 3 rings (SSSR count). The zero-order chi connectivity index (χ0) is 15.0. The maximum absolute atomic E-state index is 12.2. The number of rotatable bonds is 3. The van der Waals surface area contributed by atoms with Crippen LogP contribution in [0.2, 0.25) is 5.02 Å². The van der Waals surface area contributed by atoms with Crippen LogP contribution in [0.5, 0.6) is 5.75 Å². The number of aromatic hydroxyl groups is 1. The van der Waals surface area contributed by atoms with Crippen LogP contribution in [-0.4, -0.2) is 11.0 Å². The first-order valence-electron chi connectivity index (χ1n) is 6.91. The maximum Gasteiger partial charge on any atom is 0.228 e. The predicted octanol–water partition coefficient (Wildman–Crippen LogP) is 4.10. The van der Waals surface area contributed by atoms with Crippen molar-refractivity contribution in [2.75, 3.05) is 5.32 Å². The molecule has 2 aromatic rings. The van der Waals surface area contributed by atoms with Gasteiger partial charge in [0.1, 0.15) is 5.75 Å². The van der Waals surface area contributed by atoms with Gasteiger partial charge in [-0.05, 0) is 48.6 Å². The molecule has 0 bridgehead atoms. The highest BCUT2D eigenvalue weighted by Gasteiger charge is 2.44. The fourth-order valence-electron chi connectivity index (χ4n) is 2.58. The Morgan fingerprint density at radius 1 is 1.29 bits per heavy atom. The third kappa shape index (κ3) is 2.88. The van der Waals surface area contributed by atoms with E-state index in [1.54, 1.807) is 12.1 Å². The van der Waals surface area contributed by atoms with Gasteiger partial charge in [0.05, 0.1) is 5.69 Å². The first kappa shape index (κ1) is 14.0. The number of hydrogen-bond acceptors (Lipinski definition) is 2. The minimum Gasteiger partial charge on any atom is -0.506 e. The Bertz CT molecular complexity index is 699. The number of phenolic OH excluding ortho intramolecular Hbond substituents is 1. The summed E-state index contributed by atoms with van der Waals surface area (Å²) in [5.41, 5.74) is 2.42. The van der Waals surface area contributed by atoms with E-state index < -0.39 is 0 Å². The van der Waals surface area contributed by atoms with Crippen LogP contribution in [-0.2, 0) is 4.79 Å². The highest BCUT2D eigenvalue weighted by Crippen LogP contribution is 2.50. The van der Waals surface area contributed by atoms with Crippen molar-refractivity contribution < 1.29 is 9.90 Å². The van der Waals surface area contributed by atoms with Crippen LogP contribution in [0, 0.1) is 12.8 Å². The molecule has 1 amide bonds. The number of anilines is 1. The number of benzene rings is 2. The van der Waals surface area contributed by atoms with Crippen LogP contribution < -0.4 is 5.32 Å². The minimum atomic E-state index is -0.0781. The molecule has 4 heteroatoms. The van der Waals surface area contributed by atoms with E-state index in [4.69, 9.17) is 11.6 Å². The number of nitrogens with one attached hydrogen (secondary N) is 1. The van der Waals surface area contributed by atoms with E-state index in [0.29, 0.717) is 10.7 Å². The van der Waals surface area contributed by atoms with Gasteiger partial charge < -0.3 is 10.4 Å². The van der Waals surface area contributed by atoms with Gasteiger partial charge in [-0.2, -0.15) is 0 Å². The maximum atomic E-state index is 12.2. The van der Waals surface area contributed by atoms with Crippen molar-refractivity contribution in [3.05, 3.63) is 58.6 Å². The van der Waals surface area contributed by atoms with E-state index in [2.05, 4.69) is 5.32 Å². The molecule has 0 aromatic heterocycles. The molecular weight excluding hydrogens is 286 g/mol. The standard InChI is InChI=1S/C17H16ClNO2/c1-10-6-7-15(16(20)8-10)19-17(21)13-9-12(13)11-4-2-3-5-14(11)18/h2-8,12-13,20H,9H2,1H3,(H,19,21). The molecule has 0 radical (unpaired) electrons. The monoisotopic (exact) mass is 301 g/mol. The molecule has 1 saturated carbocycles. The molecule has 1 aliphatic rings. The van der Waals surface area contributed by atoms with Gasteiger partial charge in [0.15, 0.2) is 0 Å². The zero-order valence-corrected chi connectivity index (χ0v) is 12.4. The van der Waals surface area contributed by atoms with Crippen molar-refractivity contribution in [1.29, 1.82) is 0 Å². The SMILES string of the molecule is Cc1ccc(NC(=O)C2CC2c2ccccc2Cl)c(O)c1. The number of phenols is 1. The second-order valence-corrected chi connectivity index (χ2v) is 5.89. The molecule has 108 valence electrons. The third-order valence-corrected chi connectivity index (χ3v) is 4.19. The van der Waals surface area contributed by atoms with Gasteiger partial charge in [-0.3, -0.25) is 4.79 Å². The van der Waals surface area contributed by atoms with Crippen LogP contribution >= 0.6 is 11.6 Å². The van der Waals surface area contributed by atoms with Crippen molar-refractivity contribution in [3.63, 3.8) is 0 Å². The Labute approximate surface area is 128 Å². The number of hydrogen-bond donors (Lipinski definition) is 2. The second kappa shape index (κ2) is 5.41. The Hall–Kier alpha value is -2.00. The molecule has 0 spiro atoms. The van der Waals surface area contributed by atoms with Crippen LogP contribution in [0.1, 0.15) is 23.5 Å². The van der Waals surface area contributed by atoms with Gasteiger partial charge in [-0.1, -0.05) is 35.9 Å². The molecule has 0 heterocycles. The molecule has 2 atom stereocenters. The summed E-state index contributed by atoms with van der Waals surface area (Å²) in [4.78, 5) is 12.2. The number of halogens is 1. The first-order valence-corrected chi connectivity index (χ1v) is 7.29. The number of aryl methyl sites for hydroxylation is 1. The van der Waals surface area contributed by atoms with Crippen molar-refractivity contribution in [1.82, 2.24) is 0 Å². The molecule has 2 unspecified atom stereocenters. The Morgan fingerprint density at radius 3 is 2.76 bits per heavy atom. The molecular formula is C17H16ClNO2. The number of carbonyl (C=O) groups is 1. The number of amides is 1. The summed E-state index contributed by atoms with van der Waals surface area (Å²) in [5, 5.41) is 13.3. The fraction of sp³-hybridized carbons (Fsp3) is 0.235. The van der Waals surface area contributed by atoms with Crippen LogP contribution in [0.3, 0.4) is 0 Å². The smallest absolute Gasteiger partial charge is 0.228 e. The molecule has 3 nitrogen and oxygen atoms in total. The van der Waals surface area contributed by atoms with E-state index >= 15 is 0 Å². The normalized spacial score (nSPS) is 20.1. The fourth-order valence-corrected chi connectivity index (χ4v) is 2.85. The van der Waals surface area contributed by atoms with Crippen molar-refractivity contribution in [3.8, 4) is 5.75 Å². The lowest BCUT2D eigenvalue weighted by molar-refractivity contribution is -0.117. The van der Waals surface area contributed by atoms with Gasteiger partial charge in [0.2, 0.25) is 5.91 Å². The molecule has 2 N–H and O–H groups in total. The molecule has 0 aliphatic heterocycles. The van der Waals surface area contributed by atoms with Gasteiger partial charge in [0, 0.05) is 10.9 Å². The van der Waals surface area contributed by atoms with E-state index in [1.165, 1.54) is 0 Å². The third-order valence-electron chi connectivity index (χ3n) is 3.84. The zero-order valence-electron chi connectivity index (χ0n) is 11.6. The largest absolute Gasteiger partial charge is 0.506 e. The average Bonchev–Trinajstić information content (AvgIpc) is 3.23. The van der Waals surface area contributed by atoms with Crippen LogP contribution in [0.4, 0.5) is 5.69 Å². The Kier molecular flexibility index (Phi) is 3.60. The summed E-state index contributed by atoms with van der Waals surface area (Å²) in [7, 11) is 0. The van der Waals surface area contributed by atoms with Crippen molar-refractivity contribution in [2.45, 2.75) is 19.3 Å². The number of carbonyl (C=O) groups excluding carboxylic acids is 1. The Morgan fingerprint density at radius 2 is 2.05 bits per heavy atom. The van der Waals surface area contributed by atoms with Gasteiger partial charge >= 0.3 is 0 Å². The summed E-state index contributed by atoms with van der Waals surface area (Å²) in [6, 6.07) is 12.8. The quantitative estimate of drug-likeness (QED) is 0.839. The van der Waals surface area contributed by atoms with Crippen LogP contribution in [0.25, 0.3) is 0 Å². The summed E-state index contributed by atoms with van der Waals surface area (Å²) >= 11 is 6.16. The molecule has 1 fully saturated rings. The second-order valence-electron chi connectivity index (χ2n) is 5.48. The molecule has 2 aromatic carbocycles. The predicted molar refractivity (Wildman–Crippen MR) is 83.8 cm³/mol. The summed E-state index contributed by atoms with van der Waals surface area (Å²) < 4.78 is 0. The average molecular weight is 302 g/mol. The lowest BCUT2D eigenvalue weighted by atomic mass is 10.1. The Balaban J connectivity index is 1.70. The van der Waals surface area contributed by atoms with E-state index in [9.17, 15) is 9.90 Å². The van der Waals surface area contributed by atoms with Gasteiger partial charge in [-0.25, -0.2) is 0 Å². The van der Waals surface area contributed by atoms with Crippen LogP contribution in [0.15, 0.2) is 42.5 Å². The van der Waals surface area contributed by atoms with Gasteiger partial charge in [0.25, 0.3) is 0 Å². The van der Waals surface area contributed by atoms with Crippen molar-refractivity contribution in [2.24, 2.45) is 5.92 Å². The summed E-state index contributed by atoms with van der Waals surface area (Å²) in [6.07, 6.45) is 0.794. The van der Waals surface area contributed by atoms with E-state index in [0.717, 1.165) is 17.5 Å². The summed E-state index contributed by atoms with van der Waals surface area (Å²) in [6.45, 7) is 1.89. The van der Waals surface area contributed by atoms with Crippen molar-refractivity contribution >= 4 is 23.2 Å². The topological polar surface area (TPSA) is 49.3 Å². The first-order chi connectivity index (χ1) is 10.1.